The largest absolute Gasteiger partial charge is 0.309 e. The lowest BCUT2D eigenvalue weighted by Crippen LogP contribution is -2.04. The van der Waals surface area contributed by atoms with E-state index in [-0.39, 0.29) is 0 Å². The Balaban J connectivity index is 1.57. The first-order valence-corrected chi connectivity index (χ1v) is 15.9. The molecular weight excluding hydrogens is 558 g/mol. The van der Waals surface area contributed by atoms with E-state index in [1.807, 2.05) is 0 Å². The van der Waals surface area contributed by atoms with Gasteiger partial charge in [-0.15, -0.1) is 0 Å². The van der Waals surface area contributed by atoms with Crippen LogP contribution in [0.3, 0.4) is 0 Å². The molecule has 0 bridgehead atoms. The Morgan fingerprint density at radius 2 is 0.804 bits per heavy atom. The summed E-state index contributed by atoms with van der Waals surface area (Å²) in [6, 6.07) is 40.4. The molecule has 46 heavy (non-hydrogen) atoms. The maximum atomic E-state index is 10.9. The van der Waals surface area contributed by atoms with Crippen molar-refractivity contribution in [3.05, 3.63) is 142 Å². The van der Waals surface area contributed by atoms with E-state index < -0.39 is 0 Å². The number of aromatic nitrogens is 2. The Labute approximate surface area is 269 Å². The Kier molecular flexibility index (Phi) is 6.21. The highest BCUT2D eigenvalue weighted by Crippen LogP contribution is 2.41. The van der Waals surface area contributed by atoms with Gasteiger partial charge in [0.2, 0.25) is 0 Å². The van der Waals surface area contributed by atoms with Gasteiger partial charge in [-0.05, 0) is 106 Å². The van der Waals surface area contributed by atoms with E-state index >= 15 is 0 Å². The molecule has 8 rings (SSSR count). The fourth-order valence-corrected chi connectivity index (χ4v) is 7.39. The number of aryl methyl sites for hydroxylation is 6. The van der Waals surface area contributed by atoms with Crippen LogP contribution in [0.1, 0.15) is 38.9 Å². The molecule has 0 N–H and O–H groups in total. The minimum absolute atomic E-state index is 0.639. The van der Waals surface area contributed by atoms with E-state index in [0.29, 0.717) is 5.56 Å². The molecular formula is C43H35N3. The van der Waals surface area contributed by atoms with Gasteiger partial charge in [-0.2, -0.15) is 5.26 Å². The summed E-state index contributed by atoms with van der Waals surface area (Å²) in [5, 5.41) is 15.7. The summed E-state index contributed by atoms with van der Waals surface area (Å²) in [7, 11) is 0. The van der Waals surface area contributed by atoms with E-state index in [0.717, 1.165) is 44.6 Å². The van der Waals surface area contributed by atoms with Crippen LogP contribution in [0, 0.1) is 52.9 Å². The standard InChI is InChI=1S/C43H35N3/c1-25-7-11-33-34-12-8-26(2)19-40(34)45(39(33)18-25)38-23-37(31-16-29(5)15-30(6)17-31)43(22-32(38)24-44)46-41-20-27(3)9-13-35(41)36-14-10-28(4)21-42(36)46/h7-23H,1-6H3. The Bertz CT molecular complexity index is 2460. The van der Waals surface area contributed by atoms with Crippen LogP contribution >= 0.6 is 0 Å². The molecule has 0 amide bonds. The third-order valence-corrected chi connectivity index (χ3v) is 9.41. The van der Waals surface area contributed by atoms with Crippen molar-refractivity contribution in [1.82, 2.24) is 9.13 Å². The fraction of sp³-hybridized carbons (Fsp3) is 0.140. The molecule has 3 heteroatoms. The van der Waals surface area contributed by atoms with Crippen molar-refractivity contribution in [2.24, 2.45) is 0 Å². The summed E-state index contributed by atoms with van der Waals surface area (Å²) in [4.78, 5) is 0. The lowest BCUT2D eigenvalue weighted by atomic mass is 9.96. The zero-order valence-corrected chi connectivity index (χ0v) is 27.2. The number of nitrogens with zero attached hydrogens (tertiary/aromatic N) is 3. The second-order valence-electron chi connectivity index (χ2n) is 13.1. The number of hydrogen-bond donors (Lipinski definition) is 0. The SMILES string of the molecule is Cc1cc(C)cc(-c2cc(-n3c4cc(C)ccc4c4ccc(C)cc43)c(C#N)cc2-n2c3cc(C)ccc3c3ccc(C)cc32)c1. The first kappa shape index (κ1) is 27.9. The third-order valence-electron chi connectivity index (χ3n) is 9.41. The maximum absolute atomic E-state index is 10.9. The molecule has 2 heterocycles. The Hall–Kier alpha value is -5.59. The number of benzene rings is 6. The topological polar surface area (TPSA) is 33.6 Å². The molecule has 0 unspecified atom stereocenters. The molecule has 222 valence electrons. The molecule has 8 aromatic rings. The second-order valence-corrected chi connectivity index (χ2v) is 13.1. The normalized spacial score (nSPS) is 11.7. The smallest absolute Gasteiger partial charge is 0.101 e. The molecule has 0 radical (unpaired) electrons. The quantitative estimate of drug-likeness (QED) is 0.201. The lowest BCUT2D eigenvalue weighted by Gasteiger charge is -2.19. The van der Waals surface area contributed by atoms with Crippen molar-refractivity contribution in [1.29, 1.82) is 5.26 Å². The van der Waals surface area contributed by atoms with E-state index in [1.165, 1.54) is 54.9 Å². The highest BCUT2D eigenvalue weighted by atomic mass is 15.0. The fourth-order valence-electron chi connectivity index (χ4n) is 7.39. The second kappa shape index (κ2) is 10.2. The van der Waals surface area contributed by atoms with E-state index in [9.17, 15) is 5.26 Å². The van der Waals surface area contributed by atoms with Crippen molar-refractivity contribution in [2.75, 3.05) is 0 Å². The van der Waals surface area contributed by atoms with E-state index in [4.69, 9.17) is 0 Å². The molecule has 0 saturated carbocycles. The number of nitriles is 1. The highest BCUT2D eigenvalue weighted by molar-refractivity contribution is 6.11. The average Bonchev–Trinajstić information content (AvgIpc) is 3.50. The Morgan fingerprint density at radius 3 is 1.20 bits per heavy atom. The number of hydrogen-bond acceptors (Lipinski definition) is 1. The van der Waals surface area contributed by atoms with Crippen molar-refractivity contribution in [2.45, 2.75) is 41.5 Å². The minimum Gasteiger partial charge on any atom is -0.309 e. The maximum Gasteiger partial charge on any atom is 0.101 e. The predicted octanol–water partition coefficient (Wildman–Crippen LogP) is 11.3. The summed E-state index contributed by atoms with van der Waals surface area (Å²) in [6.45, 7) is 12.9. The molecule has 0 fully saturated rings. The molecule has 3 nitrogen and oxygen atoms in total. The van der Waals surface area contributed by atoms with Gasteiger partial charge >= 0.3 is 0 Å². The van der Waals surface area contributed by atoms with E-state index in [2.05, 4.69) is 160 Å². The number of fused-ring (bicyclic) bond motifs is 6. The monoisotopic (exact) mass is 593 g/mol. The molecule has 0 atom stereocenters. The summed E-state index contributed by atoms with van der Waals surface area (Å²) < 4.78 is 4.68. The summed E-state index contributed by atoms with van der Waals surface area (Å²) >= 11 is 0. The van der Waals surface area contributed by atoms with Crippen LogP contribution in [0.5, 0.6) is 0 Å². The average molecular weight is 594 g/mol. The van der Waals surface area contributed by atoms with Gasteiger partial charge in [-0.25, -0.2) is 0 Å². The van der Waals surface area contributed by atoms with Gasteiger partial charge in [0.15, 0.2) is 0 Å². The first-order valence-electron chi connectivity index (χ1n) is 15.9. The van der Waals surface area contributed by atoms with Crippen LogP contribution in [0.4, 0.5) is 0 Å². The van der Waals surface area contributed by atoms with Crippen molar-refractivity contribution < 1.29 is 0 Å². The van der Waals surface area contributed by atoms with Crippen LogP contribution in [0.15, 0.2) is 103 Å². The predicted molar refractivity (Wildman–Crippen MR) is 194 cm³/mol. The number of rotatable bonds is 3. The zero-order chi connectivity index (χ0) is 31.9. The van der Waals surface area contributed by atoms with Gasteiger partial charge in [0.1, 0.15) is 6.07 Å². The molecule has 0 aliphatic rings. The first-order chi connectivity index (χ1) is 22.2. The molecule has 2 aromatic heterocycles. The summed E-state index contributed by atoms with van der Waals surface area (Å²) in [5.41, 5.74) is 16.5. The highest BCUT2D eigenvalue weighted by Gasteiger charge is 2.22. The third kappa shape index (κ3) is 4.25. The van der Waals surface area contributed by atoms with Crippen LogP contribution in [-0.4, -0.2) is 9.13 Å². The van der Waals surface area contributed by atoms with Crippen LogP contribution < -0.4 is 0 Å². The van der Waals surface area contributed by atoms with Crippen molar-refractivity contribution in [3.63, 3.8) is 0 Å². The molecule has 0 aliphatic heterocycles. The van der Waals surface area contributed by atoms with Gasteiger partial charge in [-0.1, -0.05) is 77.9 Å². The Morgan fingerprint density at radius 1 is 0.413 bits per heavy atom. The van der Waals surface area contributed by atoms with Gasteiger partial charge in [0.05, 0.1) is 39.0 Å². The van der Waals surface area contributed by atoms with Crippen molar-refractivity contribution in [3.8, 4) is 28.6 Å². The van der Waals surface area contributed by atoms with Crippen LogP contribution in [0.25, 0.3) is 66.1 Å². The van der Waals surface area contributed by atoms with Crippen molar-refractivity contribution >= 4 is 43.6 Å². The van der Waals surface area contributed by atoms with Crippen LogP contribution in [-0.2, 0) is 0 Å². The molecule has 6 aromatic carbocycles. The van der Waals surface area contributed by atoms with Gasteiger partial charge in [-0.3, -0.25) is 0 Å². The lowest BCUT2D eigenvalue weighted by molar-refractivity contribution is 1.13. The van der Waals surface area contributed by atoms with Gasteiger partial charge < -0.3 is 9.13 Å². The molecule has 0 aliphatic carbocycles. The zero-order valence-electron chi connectivity index (χ0n) is 27.2. The summed E-state index contributed by atoms with van der Waals surface area (Å²) in [5.74, 6) is 0. The van der Waals surface area contributed by atoms with E-state index in [1.54, 1.807) is 0 Å². The molecule has 0 saturated heterocycles. The van der Waals surface area contributed by atoms with Crippen LogP contribution in [0.2, 0.25) is 0 Å². The molecule has 0 spiro atoms. The minimum atomic E-state index is 0.639. The van der Waals surface area contributed by atoms with Gasteiger partial charge in [0, 0.05) is 27.1 Å². The van der Waals surface area contributed by atoms with Gasteiger partial charge in [0.25, 0.3) is 0 Å². The summed E-state index contributed by atoms with van der Waals surface area (Å²) in [6.07, 6.45) is 0.